The number of hydrogen-bond donors (Lipinski definition) is 0. The second-order valence-electron chi connectivity index (χ2n) is 5.67. The average Bonchev–Trinajstić information content (AvgIpc) is 2.98. The molecule has 2 rings (SSSR count). The van der Waals surface area contributed by atoms with Crippen LogP contribution in [-0.2, 0) is 0 Å². The van der Waals surface area contributed by atoms with Crippen molar-refractivity contribution >= 4 is 32.6 Å². The number of aromatic nitrogens is 3. The van der Waals surface area contributed by atoms with E-state index in [1.807, 2.05) is 37.7 Å². The van der Waals surface area contributed by atoms with Crippen LogP contribution in [0, 0.1) is 34.5 Å². The summed E-state index contributed by atoms with van der Waals surface area (Å²) in [6, 6.07) is 4.45. The number of thiazole rings is 1. The van der Waals surface area contributed by atoms with Crippen molar-refractivity contribution in [3.8, 4) is 12.1 Å². The Balaban J connectivity index is 2.31. The third-order valence-corrected chi connectivity index (χ3v) is 4.47. The zero-order valence-corrected chi connectivity index (χ0v) is 14.5. The van der Waals surface area contributed by atoms with Gasteiger partial charge >= 0.3 is 0 Å². The number of fused-ring (bicyclic) bond motifs is 1. The molecular weight excluding hydrogens is 310 g/mol. The van der Waals surface area contributed by atoms with Crippen LogP contribution in [-0.4, -0.2) is 42.1 Å². The van der Waals surface area contributed by atoms with Gasteiger partial charge in [0.25, 0.3) is 0 Å². The number of rotatable bonds is 6. The van der Waals surface area contributed by atoms with E-state index in [4.69, 9.17) is 10.5 Å². The maximum absolute atomic E-state index is 8.97. The maximum Gasteiger partial charge on any atom is 0.187 e. The Kier molecular flexibility index (Phi) is 5.30. The van der Waals surface area contributed by atoms with Crippen LogP contribution < -0.4 is 9.80 Å². The minimum atomic E-state index is -0.0951. The lowest BCUT2D eigenvalue weighted by atomic mass is 10.2. The zero-order chi connectivity index (χ0) is 17.0. The van der Waals surface area contributed by atoms with Gasteiger partial charge < -0.3 is 9.80 Å². The van der Waals surface area contributed by atoms with Crippen LogP contribution in [0.25, 0.3) is 10.3 Å². The van der Waals surface area contributed by atoms with Crippen LogP contribution in [0.5, 0.6) is 0 Å². The van der Waals surface area contributed by atoms with Crippen molar-refractivity contribution in [1.29, 1.82) is 10.5 Å². The van der Waals surface area contributed by atoms with Crippen LogP contribution in [0.15, 0.2) is 6.33 Å². The first kappa shape index (κ1) is 16.9. The molecule has 0 aliphatic heterocycles. The van der Waals surface area contributed by atoms with Gasteiger partial charge in [0.05, 0.1) is 24.0 Å². The largest absolute Gasteiger partial charge is 0.356 e. The molecule has 120 valence electrons. The molecule has 2 atom stereocenters. The van der Waals surface area contributed by atoms with Gasteiger partial charge in [-0.1, -0.05) is 11.3 Å². The van der Waals surface area contributed by atoms with Crippen molar-refractivity contribution in [2.75, 3.05) is 37.0 Å². The first-order chi connectivity index (χ1) is 11.0. The van der Waals surface area contributed by atoms with Gasteiger partial charge in [0, 0.05) is 27.2 Å². The van der Waals surface area contributed by atoms with Gasteiger partial charge in [-0.25, -0.2) is 15.0 Å². The molecule has 2 heterocycles. The third kappa shape index (κ3) is 3.85. The summed E-state index contributed by atoms with van der Waals surface area (Å²) in [5.74, 6) is 0.556. The molecule has 0 saturated heterocycles. The van der Waals surface area contributed by atoms with Crippen molar-refractivity contribution in [1.82, 2.24) is 15.0 Å². The molecule has 0 aromatic carbocycles. The molecule has 0 fully saturated rings. The maximum atomic E-state index is 8.97. The standard InChI is InChI=1S/C15H19N7S/c1-10(5-16)7-21(3)13-12-14(19-9-18-13)23-15(20-12)22(4)8-11(2)6-17/h9-11H,7-8H2,1-4H3. The summed E-state index contributed by atoms with van der Waals surface area (Å²) in [7, 11) is 3.82. The molecule has 7 nitrogen and oxygen atoms in total. The van der Waals surface area contributed by atoms with E-state index in [0.29, 0.717) is 13.1 Å². The number of anilines is 2. The lowest BCUT2D eigenvalue weighted by Crippen LogP contribution is -2.24. The number of hydrogen-bond acceptors (Lipinski definition) is 8. The van der Waals surface area contributed by atoms with E-state index in [2.05, 4.69) is 27.1 Å². The fraction of sp³-hybridized carbons (Fsp3) is 0.533. The summed E-state index contributed by atoms with van der Waals surface area (Å²) in [6.07, 6.45) is 1.52. The molecule has 0 aliphatic rings. The molecule has 23 heavy (non-hydrogen) atoms. The lowest BCUT2D eigenvalue weighted by molar-refractivity contribution is 0.710. The van der Waals surface area contributed by atoms with Crippen LogP contribution in [0.3, 0.4) is 0 Å². The van der Waals surface area contributed by atoms with Crippen LogP contribution in [0.1, 0.15) is 13.8 Å². The Labute approximate surface area is 139 Å². The van der Waals surface area contributed by atoms with E-state index >= 15 is 0 Å². The minimum Gasteiger partial charge on any atom is -0.356 e. The molecule has 0 N–H and O–H groups in total. The van der Waals surface area contributed by atoms with E-state index < -0.39 is 0 Å². The fourth-order valence-electron chi connectivity index (χ4n) is 2.24. The molecular formula is C15H19N7S. The summed E-state index contributed by atoms with van der Waals surface area (Å²) < 4.78 is 0. The number of nitriles is 2. The zero-order valence-electron chi connectivity index (χ0n) is 13.7. The molecule has 0 saturated carbocycles. The van der Waals surface area contributed by atoms with Crippen molar-refractivity contribution < 1.29 is 0 Å². The van der Waals surface area contributed by atoms with E-state index in [1.165, 1.54) is 17.7 Å². The molecule has 2 unspecified atom stereocenters. The second-order valence-corrected chi connectivity index (χ2v) is 6.62. The van der Waals surface area contributed by atoms with E-state index in [1.54, 1.807) is 0 Å². The molecule has 2 aromatic heterocycles. The topological polar surface area (TPSA) is 92.7 Å². The Morgan fingerprint density at radius 3 is 2.30 bits per heavy atom. The van der Waals surface area contributed by atoms with Gasteiger partial charge in [0.2, 0.25) is 0 Å². The Morgan fingerprint density at radius 2 is 1.70 bits per heavy atom. The van der Waals surface area contributed by atoms with Crippen molar-refractivity contribution in [2.24, 2.45) is 11.8 Å². The van der Waals surface area contributed by atoms with E-state index in [0.717, 1.165) is 21.3 Å². The molecule has 0 amide bonds. The van der Waals surface area contributed by atoms with Gasteiger partial charge in [0.1, 0.15) is 11.8 Å². The van der Waals surface area contributed by atoms with Crippen LogP contribution in [0.2, 0.25) is 0 Å². The normalized spacial score (nSPS) is 13.1. The SMILES string of the molecule is CC(C#N)CN(C)c1nc2c(N(C)CC(C)C#N)ncnc2s1. The molecule has 0 spiro atoms. The Morgan fingerprint density at radius 1 is 1.09 bits per heavy atom. The predicted octanol–water partition coefficient (Wildman–Crippen LogP) is 2.28. The van der Waals surface area contributed by atoms with Gasteiger partial charge in [0.15, 0.2) is 15.8 Å². The first-order valence-corrected chi connectivity index (χ1v) is 8.11. The van der Waals surface area contributed by atoms with Crippen LogP contribution in [0.4, 0.5) is 10.9 Å². The summed E-state index contributed by atoms with van der Waals surface area (Å²) in [6.45, 7) is 4.95. The molecule has 0 bridgehead atoms. The molecule has 8 heteroatoms. The van der Waals surface area contributed by atoms with Gasteiger partial charge in [-0.2, -0.15) is 10.5 Å². The number of nitrogens with zero attached hydrogens (tertiary/aromatic N) is 7. The van der Waals surface area contributed by atoms with E-state index in [-0.39, 0.29) is 11.8 Å². The summed E-state index contributed by atoms with van der Waals surface area (Å²) >= 11 is 1.48. The highest BCUT2D eigenvalue weighted by molar-refractivity contribution is 7.21. The monoisotopic (exact) mass is 329 g/mol. The highest BCUT2D eigenvalue weighted by Crippen LogP contribution is 2.31. The fourth-order valence-corrected chi connectivity index (χ4v) is 3.12. The second kappa shape index (κ2) is 7.21. The Hall–Kier alpha value is -2.45. The van der Waals surface area contributed by atoms with Gasteiger partial charge in [-0.05, 0) is 13.8 Å². The van der Waals surface area contributed by atoms with Crippen molar-refractivity contribution in [2.45, 2.75) is 13.8 Å². The Bertz CT molecular complexity index is 757. The minimum absolute atomic E-state index is 0.0725. The van der Waals surface area contributed by atoms with Gasteiger partial charge in [-0.15, -0.1) is 0 Å². The summed E-state index contributed by atoms with van der Waals surface area (Å²) in [4.78, 5) is 17.9. The van der Waals surface area contributed by atoms with Crippen molar-refractivity contribution in [3.63, 3.8) is 0 Å². The predicted molar refractivity (Wildman–Crippen MR) is 91.3 cm³/mol. The third-order valence-electron chi connectivity index (χ3n) is 3.39. The molecule has 2 aromatic rings. The highest BCUT2D eigenvalue weighted by Gasteiger charge is 2.17. The molecule has 0 radical (unpaired) electrons. The first-order valence-electron chi connectivity index (χ1n) is 7.29. The average molecular weight is 329 g/mol. The van der Waals surface area contributed by atoms with E-state index in [9.17, 15) is 0 Å². The van der Waals surface area contributed by atoms with Crippen LogP contribution >= 0.6 is 11.3 Å². The van der Waals surface area contributed by atoms with Gasteiger partial charge in [-0.3, -0.25) is 0 Å². The summed E-state index contributed by atoms with van der Waals surface area (Å²) in [5, 5.41) is 18.7. The highest BCUT2D eigenvalue weighted by atomic mass is 32.1. The summed E-state index contributed by atoms with van der Waals surface area (Å²) in [5.41, 5.74) is 0.733. The smallest absolute Gasteiger partial charge is 0.187 e. The van der Waals surface area contributed by atoms with Crippen molar-refractivity contribution in [3.05, 3.63) is 6.33 Å². The quantitative estimate of drug-likeness (QED) is 0.802. The lowest BCUT2D eigenvalue weighted by Gasteiger charge is -2.19. The molecule has 0 aliphatic carbocycles.